The molecule has 76 valence electrons. The molecule has 2 nitrogen and oxygen atoms in total. The molecule has 0 aliphatic heterocycles. The van der Waals surface area contributed by atoms with Gasteiger partial charge in [0, 0.05) is 10.5 Å². The van der Waals surface area contributed by atoms with E-state index in [0.29, 0.717) is 5.75 Å². The molecule has 0 fully saturated rings. The number of rotatable bonds is 3. The minimum atomic E-state index is -0.768. The smallest absolute Gasteiger partial charge is 0.304 e. The van der Waals surface area contributed by atoms with Gasteiger partial charge in [0.05, 0.1) is 6.42 Å². The Kier molecular flexibility index (Phi) is 6.00. The highest BCUT2D eigenvalue weighted by Gasteiger charge is 2.14. The molecule has 0 saturated heterocycles. The average molecular weight is 238 g/mol. The van der Waals surface area contributed by atoms with Crippen molar-refractivity contribution >= 4 is 45.2 Å². The second-order valence-corrected chi connectivity index (χ2v) is 7.58. The van der Waals surface area contributed by atoms with Crippen LogP contribution in [0.15, 0.2) is 0 Å². The zero-order valence-electron chi connectivity index (χ0n) is 7.99. The zero-order valence-corrected chi connectivity index (χ0v) is 10.4. The summed E-state index contributed by atoms with van der Waals surface area (Å²) < 4.78 is 0.946. The van der Waals surface area contributed by atoms with Crippen molar-refractivity contribution in [1.29, 1.82) is 0 Å². The molecule has 0 unspecified atom stereocenters. The van der Waals surface area contributed by atoms with Crippen molar-refractivity contribution in [3.8, 4) is 0 Å². The SMILES string of the molecule is CC(C)(C)SC(=S)SCCC(=O)O. The van der Waals surface area contributed by atoms with Gasteiger partial charge in [-0.05, 0) is 0 Å². The predicted octanol–water partition coefficient (Wildman–Crippen LogP) is 3.01. The first-order valence-corrected chi connectivity index (χ1v) is 6.10. The first kappa shape index (κ1) is 13.3. The molecule has 5 heteroatoms. The molecule has 0 aromatic carbocycles. The molecule has 0 heterocycles. The monoisotopic (exact) mass is 238 g/mol. The van der Waals surface area contributed by atoms with E-state index >= 15 is 0 Å². The van der Waals surface area contributed by atoms with E-state index in [1.807, 2.05) is 0 Å². The normalized spacial score (nSPS) is 11.3. The standard InChI is InChI=1S/C8H14O2S3/c1-8(2,3)13-7(11)12-5-4-6(9)10/h4-5H2,1-3H3,(H,9,10). The van der Waals surface area contributed by atoms with Crippen LogP contribution in [0.3, 0.4) is 0 Å². The Balaban J connectivity index is 3.59. The highest BCUT2D eigenvalue weighted by Crippen LogP contribution is 2.30. The predicted molar refractivity (Wildman–Crippen MR) is 64.7 cm³/mol. The van der Waals surface area contributed by atoms with Crippen LogP contribution in [0, 0.1) is 0 Å². The maximum absolute atomic E-state index is 10.2. The number of hydrogen-bond acceptors (Lipinski definition) is 4. The number of carbonyl (C=O) groups is 1. The summed E-state index contributed by atoms with van der Waals surface area (Å²) in [6.07, 6.45) is 0.176. The lowest BCUT2D eigenvalue weighted by molar-refractivity contribution is -0.136. The molecule has 0 aromatic rings. The Bertz CT molecular complexity index is 196. The lowest BCUT2D eigenvalue weighted by Gasteiger charge is -2.17. The van der Waals surface area contributed by atoms with Crippen LogP contribution in [0.5, 0.6) is 0 Å². The number of carboxylic acids is 1. The third-order valence-electron chi connectivity index (χ3n) is 0.925. The van der Waals surface area contributed by atoms with Gasteiger partial charge in [0.2, 0.25) is 0 Å². The molecule has 0 bridgehead atoms. The molecule has 0 aromatic heterocycles. The topological polar surface area (TPSA) is 37.3 Å². The van der Waals surface area contributed by atoms with E-state index in [1.54, 1.807) is 11.8 Å². The summed E-state index contributed by atoms with van der Waals surface area (Å²) >= 11 is 8.14. The van der Waals surface area contributed by atoms with Crippen LogP contribution in [0.2, 0.25) is 0 Å². The largest absolute Gasteiger partial charge is 0.481 e. The fourth-order valence-electron chi connectivity index (χ4n) is 0.501. The molecule has 0 amide bonds. The van der Waals surface area contributed by atoms with Crippen molar-refractivity contribution in [2.45, 2.75) is 31.9 Å². The molecule has 0 aliphatic rings. The molecule has 0 aliphatic carbocycles. The second kappa shape index (κ2) is 5.88. The molecule has 0 saturated carbocycles. The summed E-state index contributed by atoms with van der Waals surface area (Å²) in [5.74, 6) is -0.201. The van der Waals surface area contributed by atoms with Crippen molar-refractivity contribution in [1.82, 2.24) is 0 Å². The molecule has 13 heavy (non-hydrogen) atoms. The van der Waals surface area contributed by atoms with Crippen molar-refractivity contribution < 1.29 is 9.90 Å². The van der Waals surface area contributed by atoms with E-state index < -0.39 is 5.97 Å². The third-order valence-corrected chi connectivity index (χ3v) is 3.56. The average Bonchev–Trinajstić information content (AvgIpc) is 1.81. The minimum Gasteiger partial charge on any atom is -0.481 e. The fraction of sp³-hybridized carbons (Fsp3) is 0.750. The molecule has 0 atom stereocenters. The van der Waals surface area contributed by atoms with Gasteiger partial charge in [-0.3, -0.25) is 4.79 Å². The molecule has 1 N–H and O–H groups in total. The molecular weight excluding hydrogens is 224 g/mol. The Hall–Kier alpha value is 0.260. The van der Waals surface area contributed by atoms with E-state index in [9.17, 15) is 4.79 Å². The lowest BCUT2D eigenvalue weighted by Crippen LogP contribution is -2.09. The molecule has 0 radical (unpaired) electrons. The number of carboxylic acid groups (broad SMARTS) is 1. The van der Waals surface area contributed by atoms with Crippen molar-refractivity contribution in [3.63, 3.8) is 0 Å². The maximum atomic E-state index is 10.2. The van der Waals surface area contributed by atoms with Crippen LogP contribution >= 0.6 is 35.7 Å². The highest BCUT2D eigenvalue weighted by atomic mass is 32.2. The maximum Gasteiger partial charge on any atom is 0.304 e. The zero-order chi connectivity index (χ0) is 10.5. The quantitative estimate of drug-likeness (QED) is 0.765. The van der Waals surface area contributed by atoms with Gasteiger partial charge >= 0.3 is 5.97 Å². The van der Waals surface area contributed by atoms with Gasteiger partial charge in [-0.25, -0.2) is 0 Å². The second-order valence-electron chi connectivity index (χ2n) is 3.46. The van der Waals surface area contributed by atoms with Crippen molar-refractivity contribution in [3.05, 3.63) is 0 Å². The summed E-state index contributed by atoms with van der Waals surface area (Å²) in [4.78, 5) is 10.2. The Morgan fingerprint density at radius 1 is 1.46 bits per heavy atom. The van der Waals surface area contributed by atoms with Gasteiger partial charge in [-0.15, -0.1) is 23.5 Å². The van der Waals surface area contributed by atoms with Gasteiger partial charge in [0.15, 0.2) is 0 Å². The summed E-state index contributed by atoms with van der Waals surface area (Å²) in [5.41, 5.74) is 0. The van der Waals surface area contributed by atoms with Crippen LogP contribution in [-0.4, -0.2) is 25.1 Å². The number of thioether (sulfide) groups is 2. The van der Waals surface area contributed by atoms with E-state index in [4.69, 9.17) is 17.3 Å². The van der Waals surface area contributed by atoms with Gasteiger partial charge in [0.25, 0.3) is 0 Å². The first-order chi connectivity index (χ1) is 5.81. The van der Waals surface area contributed by atoms with E-state index in [0.717, 1.165) is 3.53 Å². The third kappa shape index (κ3) is 10.2. The highest BCUT2D eigenvalue weighted by molar-refractivity contribution is 8.47. The number of hydrogen-bond donors (Lipinski definition) is 1. The van der Waals surface area contributed by atoms with Gasteiger partial charge in [0.1, 0.15) is 3.53 Å². The van der Waals surface area contributed by atoms with E-state index in [1.165, 1.54) is 11.8 Å². The Morgan fingerprint density at radius 3 is 2.38 bits per heavy atom. The molecular formula is C8H14O2S3. The first-order valence-electron chi connectivity index (χ1n) is 3.89. The summed E-state index contributed by atoms with van der Waals surface area (Å²) in [7, 11) is 0. The van der Waals surface area contributed by atoms with E-state index in [-0.39, 0.29) is 11.2 Å². The van der Waals surface area contributed by atoms with Crippen LogP contribution < -0.4 is 0 Å². The van der Waals surface area contributed by atoms with E-state index in [2.05, 4.69) is 20.8 Å². The summed E-state index contributed by atoms with van der Waals surface area (Å²) in [6, 6.07) is 0. The molecule has 0 rings (SSSR count). The van der Waals surface area contributed by atoms with Gasteiger partial charge in [-0.2, -0.15) is 0 Å². The summed E-state index contributed by atoms with van der Waals surface area (Å²) in [6.45, 7) is 6.26. The van der Waals surface area contributed by atoms with Crippen LogP contribution in [-0.2, 0) is 4.79 Å². The summed E-state index contributed by atoms with van der Waals surface area (Å²) in [5, 5.41) is 8.40. The van der Waals surface area contributed by atoms with Gasteiger partial charge < -0.3 is 5.11 Å². The van der Waals surface area contributed by atoms with Crippen LogP contribution in [0.1, 0.15) is 27.2 Å². The van der Waals surface area contributed by atoms with Crippen LogP contribution in [0.4, 0.5) is 0 Å². The van der Waals surface area contributed by atoms with Gasteiger partial charge in [-0.1, -0.05) is 33.0 Å². The number of thiocarbonyl (C=S) groups is 1. The Labute approximate surface area is 92.9 Å². The lowest BCUT2D eigenvalue weighted by atomic mass is 10.3. The van der Waals surface area contributed by atoms with Crippen molar-refractivity contribution in [2.24, 2.45) is 0 Å². The number of aliphatic carboxylic acids is 1. The minimum absolute atomic E-state index is 0.118. The van der Waals surface area contributed by atoms with Crippen molar-refractivity contribution in [2.75, 3.05) is 5.75 Å². The molecule has 0 spiro atoms. The Morgan fingerprint density at radius 2 is 2.00 bits per heavy atom. The fourth-order valence-corrected chi connectivity index (χ4v) is 3.68. The van der Waals surface area contributed by atoms with Crippen LogP contribution in [0.25, 0.3) is 0 Å².